The van der Waals surface area contributed by atoms with E-state index in [1.807, 2.05) is 38.1 Å². The first-order valence-electron chi connectivity index (χ1n) is 6.65. The van der Waals surface area contributed by atoms with Gasteiger partial charge in [-0.2, -0.15) is 4.98 Å². The minimum absolute atomic E-state index is 0.122. The van der Waals surface area contributed by atoms with Crippen LogP contribution in [0.2, 0.25) is 5.02 Å². The molecule has 112 valence electrons. The molecule has 0 spiro atoms. The van der Waals surface area contributed by atoms with E-state index in [0.717, 1.165) is 11.3 Å². The molecule has 1 heterocycles. The van der Waals surface area contributed by atoms with E-state index in [0.29, 0.717) is 28.0 Å². The molecule has 2 aromatic rings. The van der Waals surface area contributed by atoms with Gasteiger partial charge in [-0.1, -0.05) is 42.4 Å². The van der Waals surface area contributed by atoms with Crippen molar-refractivity contribution in [3.63, 3.8) is 0 Å². The van der Waals surface area contributed by atoms with Gasteiger partial charge in [0.15, 0.2) is 5.16 Å². The Hall–Kier alpha value is -1.11. The number of rotatable bonds is 5. The van der Waals surface area contributed by atoms with Crippen LogP contribution < -0.4 is 5.69 Å². The predicted molar refractivity (Wildman–Crippen MR) is 89.9 cm³/mol. The molecule has 0 unspecified atom stereocenters. The van der Waals surface area contributed by atoms with Gasteiger partial charge in [0, 0.05) is 11.6 Å². The summed E-state index contributed by atoms with van der Waals surface area (Å²) < 4.78 is 3.51. The van der Waals surface area contributed by atoms with Gasteiger partial charge in [-0.3, -0.25) is 9.13 Å². The van der Waals surface area contributed by atoms with E-state index in [-0.39, 0.29) is 5.69 Å². The van der Waals surface area contributed by atoms with Crippen molar-refractivity contribution in [2.75, 3.05) is 5.75 Å². The van der Waals surface area contributed by atoms with E-state index >= 15 is 0 Å². The topological polar surface area (TPSA) is 39.8 Å². The van der Waals surface area contributed by atoms with Gasteiger partial charge < -0.3 is 0 Å². The lowest BCUT2D eigenvalue weighted by Gasteiger charge is -2.13. The zero-order chi connectivity index (χ0) is 15.4. The summed E-state index contributed by atoms with van der Waals surface area (Å²) in [4.78, 5) is 17.0. The molecule has 0 saturated carbocycles. The summed E-state index contributed by atoms with van der Waals surface area (Å²) in [7, 11) is 0. The van der Waals surface area contributed by atoms with E-state index in [2.05, 4.69) is 4.98 Å². The number of thioether (sulfide) groups is 1. The summed E-state index contributed by atoms with van der Waals surface area (Å²) in [5.41, 5.74) is 0.879. The standard InChI is InChI=1S/C14H16ClN3OS2/c1-3-17-12(20)16-13(21-4-2)18(14(17)19)9-10-5-7-11(15)8-6-10/h5-8H,3-4,9H2,1-2H3. The highest BCUT2D eigenvalue weighted by Gasteiger charge is 2.11. The summed E-state index contributed by atoms with van der Waals surface area (Å²) in [5, 5.41) is 1.34. The van der Waals surface area contributed by atoms with E-state index < -0.39 is 0 Å². The van der Waals surface area contributed by atoms with E-state index in [9.17, 15) is 4.79 Å². The molecular weight excluding hydrogens is 326 g/mol. The smallest absolute Gasteiger partial charge is 0.269 e. The summed E-state index contributed by atoms with van der Waals surface area (Å²) in [6.07, 6.45) is 0. The second-order valence-corrected chi connectivity index (χ2v) is 6.38. The Labute approximate surface area is 137 Å². The fourth-order valence-corrected chi connectivity index (χ4v) is 3.11. The summed E-state index contributed by atoms with van der Waals surface area (Å²) in [5.74, 6) is 0.831. The third-order valence-electron chi connectivity index (χ3n) is 2.96. The molecule has 0 bridgehead atoms. The summed E-state index contributed by atoms with van der Waals surface area (Å²) in [6, 6.07) is 7.45. The van der Waals surface area contributed by atoms with Crippen molar-refractivity contribution in [2.24, 2.45) is 0 Å². The molecule has 0 aliphatic rings. The maximum atomic E-state index is 12.6. The van der Waals surface area contributed by atoms with Crippen LogP contribution in [0.25, 0.3) is 0 Å². The second kappa shape index (κ2) is 7.24. The number of aromatic nitrogens is 3. The van der Waals surface area contributed by atoms with Crippen LogP contribution in [0.3, 0.4) is 0 Å². The van der Waals surface area contributed by atoms with Gasteiger partial charge in [0.05, 0.1) is 6.54 Å². The van der Waals surface area contributed by atoms with Crippen LogP contribution in [0.4, 0.5) is 0 Å². The largest absolute Gasteiger partial charge is 0.332 e. The van der Waals surface area contributed by atoms with Crippen LogP contribution in [-0.4, -0.2) is 19.9 Å². The molecule has 0 saturated heterocycles. The van der Waals surface area contributed by atoms with Crippen LogP contribution in [0.15, 0.2) is 34.2 Å². The molecular formula is C14H16ClN3OS2. The van der Waals surface area contributed by atoms with Crippen LogP contribution in [0.5, 0.6) is 0 Å². The lowest BCUT2D eigenvalue weighted by molar-refractivity contribution is 0.530. The predicted octanol–water partition coefficient (Wildman–Crippen LogP) is 3.61. The van der Waals surface area contributed by atoms with Gasteiger partial charge in [0.25, 0.3) is 0 Å². The average Bonchev–Trinajstić information content (AvgIpc) is 2.46. The van der Waals surface area contributed by atoms with Gasteiger partial charge in [0.2, 0.25) is 4.77 Å². The molecule has 0 amide bonds. The zero-order valence-electron chi connectivity index (χ0n) is 11.9. The molecule has 0 aliphatic carbocycles. The van der Waals surface area contributed by atoms with Gasteiger partial charge in [-0.25, -0.2) is 4.79 Å². The zero-order valence-corrected chi connectivity index (χ0v) is 14.3. The van der Waals surface area contributed by atoms with Crippen molar-refractivity contribution < 1.29 is 0 Å². The number of hydrogen-bond donors (Lipinski definition) is 0. The fraction of sp³-hybridized carbons (Fsp3) is 0.357. The highest BCUT2D eigenvalue weighted by Crippen LogP contribution is 2.16. The highest BCUT2D eigenvalue weighted by molar-refractivity contribution is 7.99. The maximum Gasteiger partial charge on any atom is 0.332 e. The highest BCUT2D eigenvalue weighted by atomic mass is 35.5. The second-order valence-electron chi connectivity index (χ2n) is 4.35. The Kier molecular flexibility index (Phi) is 5.61. The summed E-state index contributed by atoms with van der Waals surface area (Å²) >= 11 is 12.6. The molecule has 4 nitrogen and oxygen atoms in total. The first-order valence-corrected chi connectivity index (χ1v) is 8.43. The number of benzene rings is 1. The maximum absolute atomic E-state index is 12.6. The van der Waals surface area contributed by atoms with Crippen molar-refractivity contribution in [1.82, 2.24) is 14.1 Å². The minimum atomic E-state index is -0.122. The van der Waals surface area contributed by atoms with Gasteiger partial charge in [-0.05, 0) is 42.6 Å². The Morgan fingerprint density at radius 3 is 2.48 bits per heavy atom. The van der Waals surface area contributed by atoms with E-state index in [1.54, 1.807) is 4.57 Å². The van der Waals surface area contributed by atoms with Crippen LogP contribution in [-0.2, 0) is 13.1 Å². The Morgan fingerprint density at radius 1 is 1.24 bits per heavy atom. The monoisotopic (exact) mass is 341 g/mol. The molecule has 1 aromatic heterocycles. The lowest BCUT2D eigenvalue weighted by atomic mass is 10.2. The van der Waals surface area contributed by atoms with Crippen LogP contribution in [0, 0.1) is 4.77 Å². The third-order valence-corrected chi connectivity index (χ3v) is 4.38. The average molecular weight is 342 g/mol. The quantitative estimate of drug-likeness (QED) is 0.615. The summed E-state index contributed by atoms with van der Waals surface area (Å²) in [6.45, 7) is 4.88. The Morgan fingerprint density at radius 2 is 1.90 bits per heavy atom. The first-order chi connectivity index (χ1) is 10.1. The van der Waals surface area contributed by atoms with Crippen molar-refractivity contribution in [3.8, 4) is 0 Å². The normalized spacial score (nSPS) is 10.8. The molecule has 1 aromatic carbocycles. The molecule has 0 radical (unpaired) electrons. The molecule has 0 fully saturated rings. The molecule has 0 atom stereocenters. The van der Waals surface area contributed by atoms with Crippen molar-refractivity contribution in [3.05, 3.63) is 50.1 Å². The third kappa shape index (κ3) is 3.75. The van der Waals surface area contributed by atoms with Crippen molar-refractivity contribution in [2.45, 2.75) is 32.1 Å². The lowest BCUT2D eigenvalue weighted by Crippen LogP contribution is -2.33. The minimum Gasteiger partial charge on any atom is -0.269 e. The van der Waals surface area contributed by atoms with Crippen LogP contribution in [0.1, 0.15) is 19.4 Å². The molecule has 0 N–H and O–H groups in total. The number of halogens is 1. The van der Waals surface area contributed by atoms with E-state index in [4.69, 9.17) is 23.8 Å². The van der Waals surface area contributed by atoms with Crippen molar-refractivity contribution in [1.29, 1.82) is 0 Å². The Balaban J connectivity index is 2.52. The molecule has 2 rings (SSSR count). The molecule has 0 aliphatic heterocycles. The Bertz CT molecular complexity index is 737. The van der Waals surface area contributed by atoms with Gasteiger partial charge in [-0.15, -0.1) is 0 Å². The first kappa shape index (κ1) is 16.3. The van der Waals surface area contributed by atoms with Gasteiger partial charge in [0.1, 0.15) is 0 Å². The van der Waals surface area contributed by atoms with Crippen molar-refractivity contribution >= 4 is 35.6 Å². The molecule has 7 heteroatoms. The fourth-order valence-electron chi connectivity index (χ4n) is 1.93. The van der Waals surface area contributed by atoms with Gasteiger partial charge >= 0.3 is 5.69 Å². The number of hydrogen-bond acceptors (Lipinski definition) is 4. The SMILES string of the molecule is CCSc1nc(=S)n(CC)c(=O)n1Cc1ccc(Cl)cc1. The molecule has 21 heavy (non-hydrogen) atoms. The van der Waals surface area contributed by atoms with E-state index in [1.165, 1.54) is 16.3 Å². The number of nitrogens with zero attached hydrogens (tertiary/aromatic N) is 3. The van der Waals surface area contributed by atoms with Crippen LogP contribution >= 0.6 is 35.6 Å².